The van der Waals surface area contributed by atoms with Gasteiger partial charge in [-0.1, -0.05) is 156 Å². The van der Waals surface area contributed by atoms with Crippen LogP contribution in [0.1, 0.15) is 116 Å². The fourth-order valence-corrected chi connectivity index (χ4v) is 4.06. The highest BCUT2D eigenvalue weighted by Gasteiger charge is 2.16. The van der Waals surface area contributed by atoms with Gasteiger partial charge in [0, 0.05) is 0 Å². The van der Waals surface area contributed by atoms with E-state index >= 15 is 0 Å². The van der Waals surface area contributed by atoms with Crippen LogP contribution in [0.3, 0.4) is 0 Å². The van der Waals surface area contributed by atoms with Crippen LogP contribution >= 0.6 is 0 Å². The van der Waals surface area contributed by atoms with Gasteiger partial charge in [-0.25, -0.2) is 0 Å². The fourth-order valence-electron chi connectivity index (χ4n) is 4.06. The third-order valence-electron chi connectivity index (χ3n) is 6.64. The van der Waals surface area contributed by atoms with Crippen molar-refractivity contribution in [3.05, 3.63) is 106 Å². The zero-order valence-corrected chi connectivity index (χ0v) is 25.5. The quantitative estimate of drug-likeness (QED) is 0.345. The number of aryl methyl sites for hydroxylation is 3. The summed E-state index contributed by atoms with van der Waals surface area (Å²) in [6, 6.07) is 26.5. The molecule has 3 aromatic rings. The van der Waals surface area contributed by atoms with Crippen LogP contribution in [0.4, 0.5) is 0 Å². The molecule has 0 aliphatic rings. The van der Waals surface area contributed by atoms with Crippen LogP contribution in [-0.4, -0.2) is 0 Å². The monoisotopic (exact) mass is 486 g/mol. The minimum absolute atomic E-state index is 0.283. The third-order valence-corrected chi connectivity index (χ3v) is 6.64. The Balaban J connectivity index is 0.000000270. The van der Waals surface area contributed by atoms with Crippen LogP contribution in [0.15, 0.2) is 72.8 Å². The van der Waals surface area contributed by atoms with Gasteiger partial charge in [-0.15, -0.1) is 0 Å². The Morgan fingerprint density at radius 1 is 0.444 bits per heavy atom. The molecule has 3 aromatic carbocycles. The van der Waals surface area contributed by atoms with Crippen LogP contribution < -0.4 is 0 Å². The summed E-state index contributed by atoms with van der Waals surface area (Å²) in [6.07, 6.45) is 3.39. The summed E-state index contributed by atoms with van der Waals surface area (Å²) >= 11 is 0. The molecule has 0 nitrogen and oxygen atoms in total. The Labute approximate surface area is 224 Å². The molecule has 0 fully saturated rings. The normalized spacial score (nSPS) is 11.7. The SMILES string of the molecule is CCc1ccc(C(C)(C)C)cc1.CCc1cccc(C(C)(C)C)c1.CCc1ccccc1C(C)(C)C. The maximum absolute atomic E-state index is 2.31. The molecule has 0 aliphatic carbocycles. The second-order valence-corrected chi connectivity index (χ2v) is 12.9. The molecule has 0 unspecified atom stereocenters. The highest BCUT2D eigenvalue weighted by Crippen LogP contribution is 2.26. The smallest absolute Gasteiger partial charge is 0.0129 e. The number of rotatable bonds is 3. The topological polar surface area (TPSA) is 0 Å². The largest absolute Gasteiger partial charge is 0.0620 e. The summed E-state index contributed by atoms with van der Waals surface area (Å²) in [5.41, 5.74) is 9.51. The van der Waals surface area contributed by atoms with E-state index in [-0.39, 0.29) is 16.2 Å². The first-order valence-corrected chi connectivity index (χ1v) is 13.9. The Morgan fingerprint density at radius 3 is 1.39 bits per heavy atom. The molecule has 0 N–H and O–H groups in total. The maximum atomic E-state index is 2.31. The molecule has 0 saturated carbocycles. The second kappa shape index (κ2) is 13.8. The molecular weight excluding hydrogens is 432 g/mol. The van der Waals surface area contributed by atoms with E-state index in [4.69, 9.17) is 0 Å². The maximum Gasteiger partial charge on any atom is -0.0129 e. The summed E-state index contributed by atoms with van der Waals surface area (Å²) in [6.45, 7) is 26.9. The molecule has 198 valence electrons. The highest BCUT2D eigenvalue weighted by molar-refractivity contribution is 5.32. The number of benzene rings is 3. The molecule has 3 rings (SSSR count). The summed E-state index contributed by atoms with van der Waals surface area (Å²) in [7, 11) is 0. The summed E-state index contributed by atoms with van der Waals surface area (Å²) in [5.74, 6) is 0. The molecule has 0 amide bonds. The van der Waals surface area contributed by atoms with Gasteiger partial charge in [0.25, 0.3) is 0 Å². The van der Waals surface area contributed by atoms with Crippen molar-refractivity contribution < 1.29 is 0 Å². The van der Waals surface area contributed by atoms with Gasteiger partial charge in [0.15, 0.2) is 0 Å². The Hall–Kier alpha value is -2.34. The molecular formula is C36H54. The number of hydrogen-bond donors (Lipinski definition) is 0. The van der Waals surface area contributed by atoms with Crippen LogP contribution in [0.5, 0.6) is 0 Å². The third kappa shape index (κ3) is 10.7. The Kier molecular flexibility index (Phi) is 12.2. The van der Waals surface area contributed by atoms with E-state index in [1.54, 1.807) is 0 Å². The lowest BCUT2D eigenvalue weighted by molar-refractivity contribution is 0.583. The lowest BCUT2D eigenvalue weighted by Crippen LogP contribution is -2.13. The molecule has 0 saturated heterocycles. The molecule has 0 aliphatic heterocycles. The van der Waals surface area contributed by atoms with Gasteiger partial charge >= 0.3 is 0 Å². The first-order chi connectivity index (χ1) is 16.6. The minimum Gasteiger partial charge on any atom is -0.0620 e. The van der Waals surface area contributed by atoms with E-state index in [1.165, 1.54) is 33.4 Å². The lowest BCUT2D eigenvalue weighted by atomic mass is 9.83. The van der Waals surface area contributed by atoms with Crippen molar-refractivity contribution in [3.63, 3.8) is 0 Å². The van der Waals surface area contributed by atoms with Crippen molar-refractivity contribution in [2.75, 3.05) is 0 Å². The van der Waals surface area contributed by atoms with Crippen LogP contribution in [-0.2, 0) is 35.5 Å². The molecule has 36 heavy (non-hydrogen) atoms. The fraction of sp³-hybridized carbons (Fsp3) is 0.500. The van der Waals surface area contributed by atoms with Crippen molar-refractivity contribution >= 4 is 0 Å². The average molecular weight is 487 g/mol. The summed E-state index contributed by atoms with van der Waals surface area (Å²) in [4.78, 5) is 0. The summed E-state index contributed by atoms with van der Waals surface area (Å²) < 4.78 is 0. The van der Waals surface area contributed by atoms with Gasteiger partial charge in [0.05, 0.1) is 0 Å². The molecule has 0 bridgehead atoms. The highest BCUT2D eigenvalue weighted by atomic mass is 14.2. The molecule has 0 heterocycles. The standard InChI is InChI=1S/3C12H18/c1-5-10-6-8-11(9-7-10)12(2,3)4;1-5-10-7-6-8-11(9-10)12(2,3)4;1-5-10-8-6-7-9-11(10)12(2,3)4/h3*6-9H,5H2,1-4H3. The van der Waals surface area contributed by atoms with E-state index in [9.17, 15) is 0 Å². The Morgan fingerprint density at radius 2 is 0.972 bits per heavy atom. The average Bonchev–Trinajstić information content (AvgIpc) is 2.83. The van der Waals surface area contributed by atoms with Gasteiger partial charge in [0.2, 0.25) is 0 Å². The molecule has 0 spiro atoms. The van der Waals surface area contributed by atoms with Gasteiger partial charge in [-0.3, -0.25) is 0 Å². The van der Waals surface area contributed by atoms with E-state index < -0.39 is 0 Å². The van der Waals surface area contributed by atoms with Crippen molar-refractivity contribution in [1.29, 1.82) is 0 Å². The predicted octanol–water partition coefficient (Wildman–Crippen LogP) is 10.6. The molecule has 0 heteroatoms. The van der Waals surface area contributed by atoms with Gasteiger partial charge in [0.1, 0.15) is 0 Å². The first-order valence-electron chi connectivity index (χ1n) is 13.9. The first kappa shape index (κ1) is 31.7. The summed E-state index contributed by atoms with van der Waals surface area (Å²) in [5, 5.41) is 0. The second-order valence-electron chi connectivity index (χ2n) is 12.9. The lowest BCUT2D eigenvalue weighted by Gasteiger charge is -2.22. The predicted molar refractivity (Wildman–Crippen MR) is 164 cm³/mol. The zero-order valence-electron chi connectivity index (χ0n) is 25.5. The van der Waals surface area contributed by atoms with Crippen LogP contribution in [0.2, 0.25) is 0 Å². The van der Waals surface area contributed by atoms with Gasteiger partial charge in [-0.05, 0) is 68.9 Å². The van der Waals surface area contributed by atoms with E-state index in [2.05, 4.69) is 156 Å². The molecule has 0 atom stereocenters. The molecule has 0 radical (unpaired) electrons. The van der Waals surface area contributed by atoms with Gasteiger partial charge in [-0.2, -0.15) is 0 Å². The van der Waals surface area contributed by atoms with Crippen LogP contribution in [0.25, 0.3) is 0 Å². The van der Waals surface area contributed by atoms with Crippen molar-refractivity contribution in [3.8, 4) is 0 Å². The van der Waals surface area contributed by atoms with E-state index in [0.29, 0.717) is 0 Å². The van der Waals surface area contributed by atoms with Crippen molar-refractivity contribution in [1.82, 2.24) is 0 Å². The minimum atomic E-state index is 0.283. The van der Waals surface area contributed by atoms with E-state index in [1.807, 2.05) is 0 Å². The van der Waals surface area contributed by atoms with Crippen molar-refractivity contribution in [2.24, 2.45) is 0 Å². The zero-order chi connectivity index (χ0) is 27.6. The number of hydrogen-bond acceptors (Lipinski definition) is 0. The van der Waals surface area contributed by atoms with Crippen molar-refractivity contribution in [2.45, 2.75) is 119 Å². The Bertz CT molecular complexity index is 1020. The van der Waals surface area contributed by atoms with Gasteiger partial charge < -0.3 is 0 Å². The molecule has 0 aromatic heterocycles. The van der Waals surface area contributed by atoms with Crippen LogP contribution in [0, 0.1) is 0 Å². The van der Waals surface area contributed by atoms with E-state index in [0.717, 1.165) is 19.3 Å².